The number of anilines is 1. The lowest BCUT2D eigenvalue weighted by molar-refractivity contribution is -0.139. The molecule has 0 aliphatic heterocycles. The quantitative estimate of drug-likeness (QED) is 0.333. The average molecular weight is 562 g/mol. The lowest BCUT2D eigenvalue weighted by Crippen LogP contribution is -2.54. The van der Waals surface area contributed by atoms with Gasteiger partial charge in [0.15, 0.2) is 0 Å². The third-order valence-electron chi connectivity index (χ3n) is 7.47. The van der Waals surface area contributed by atoms with E-state index in [-0.39, 0.29) is 16.8 Å². The fourth-order valence-corrected chi connectivity index (χ4v) is 6.72. The van der Waals surface area contributed by atoms with Gasteiger partial charge in [0.25, 0.3) is 10.0 Å². The number of hydrogen-bond acceptors (Lipinski definition) is 4. The van der Waals surface area contributed by atoms with E-state index in [0.717, 1.165) is 41.1 Å². The highest BCUT2D eigenvalue weighted by molar-refractivity contribution is 7.92. The molecule has 1 aliphatic rings. The number of benzene rings is 3. The first-order valence-electron chi connectivity index (χ1n) is 14.1. The van der Waals surface area contributed by atoms with Crippen LogP contribution >= 0.6 is 0 Å². The molecule has 8 heteroatoms. The van der Waals surface area contributed by atoms with Crippen molar-refractivity contribution in [3.63, 3.8) is 0 Å². The molecule has 0 radical (unpaired) electrons. The van der Waals surface area contributed by atoms with Crippen LogP contribution in [-0.4, -0.2) is 50.3 Å². The van der Waals surface area contributed by atoms with E-state index in [0.29, 0.717) is 25.1 Å². The van der Waals surface area contributed by atoms with Gasteiger partial charge in [-0.1, -0.05) is 80.4 Å². The van der Waals surface area contributed by atoms with Crippen LogP contribution in [0.5, 0.6) is 0 Å². The van der Waals surface area contributed by atoms with E-state index in [2.05, 4.69) is 5.32 Å². The van der Waals surface area contributed by atoms with Crippen molar-refractivity contribution in [2.75, 3.05) is 17.4 Å². The first-order valence-corrected chi connectivity index (χ1v) is 15.5. The maximum atomic E-state index is 14.1. The summed E-state index contributed by atoms with van der Waals surface area (Å²) >= 11 is 0. The zero-order valence-corrected chi connectivity index (χ0v) is 24.1. The van der Waals surface area contributed by atoms with Gasteiger partial charge < -0.3 is 10.2 Å². The largest absolute Gasteiger partial charge is 0.352 e. The van der Waals surface area contributed by atoms with Crippen molar-refractivity contribution in [1.82, 2.24) is 10.2 Å². The summed E-state index contributed by atoms with van der Waals surface area (Å²) < 4.78 is 28.9. The van der Waals surface area contributed by atoms with Crippen molar-refractivity contribution >= 4 is 27.5 Å². The molecular weight excluding hydrogens is 522 g/mol. The van der Waals surface area contributed by atoms with E-state index in [1.807, 2.05) is 50.2 Å². The van der Waals surface area contributed by atoms with Crippen molar-refractivity contribution in [3.8, 4) is 0 Å². The zero-order chi connectivity index (χ0) is 28.5. The second-order valence-corrected chi connectivity index (χ2v) is 12.3. The fourth-order valence-electron chi connectivity index (χ4n) is 5.29. The molecule has 1 saturated carbocycles. The van der Waals surface area contributed by atoms with Crippen LogP contribution < -0.4 is 9.62 Å². The fraction of sp³-hybridized carbons (Fsp3) is 0.375. The smallest absolute Gasteiger partial charge is 0.264 e. The minimum absolute atomic E-state index is 0.103. The summed E-state index contributed by atoms with van der Waals surface area (Å²) in [7, 11) is -4.05. The van der Waals surface area contributed by atoms with Crippen LogP contribution in [0.15, 0.2) is 89.8 Å². The minimum atomic E-state index is -4.05. The highest BCUT2D eigenvalue weighted by Gasteiger charge is 2.34. The molecule has 0 bridgehead atoms. The number of carbonyl (C=O) groups is 2. The molecular formula is C32H39N3O4S. The second kappa shape index (κ2) is 13.6. The summed E-state index contributed by atoms with van der Waals surface area (Å²) in [5.41, 5.74) is 2.32. The predicted octanol–water partition coefficient (Wildman–Crippen LogP) is 5.10. The molecule has 7 nitrogen and oxygen atoms in total. The standard InChI is InChI=1S/C32H39N3O4S/c1-3-30(32(37)33-27-16-10-11-17-27)34(22-21-26-14-6-4-7-15-26)31(36)24-35(28-18-12-13-25(2)23-28)40(38,39)29-19-8-5-9-20-29/h4-9,12-15,18-20,23,27,30H,3,10-11,16-17,21-22,24H2,1-2H3,(H,33,37)/t30-/m0/s1. The van der Waals surface area contributed by atoms with Gasteiger partial charge in [0.1, 0.15) is 12.6 Å². The molecule has 212 valence electrons. The van der Waals surface area contributed by atoms with Gasteiger partial charge in [-0.3, -0.25) is 13.9 Å². The van der Waals surface area contributed by atoms with Gasteiger partial charge in [-0.15, -0.1) is 0 Å². The molecule has 1 atom stereocenters. The van der Waals surface area contributed by atoms with E-state index in [4.69, 9.17) is 0 Å². The molecule has 4 rings (SSSR count). The highest BCUT2D eigenvalue weighted by atomic mass is 32.2. The van der Waals surface area contributed by atoms with Crippen molar-refractivity contribution in [2.24, 2.45) is 0 Å². The van der Waals surface area contributed by atoms with Crippen LogP contribution in [0.4, 0.5) is 5.69 Å². The Bertz CT molecular complexity index is 1370. The maximum absolute atomic E-state index is 14.1. The summed E-state index contributed by atoms with van der Waals surface area (Å²) in [5, 5.41) is 3.15. The van der Waals surface area contributed by atoms with Crippen LogP contribution in [0.25, 0.3) is 0 Å². The van der Waals surface area contributed by atoms with E-state index in [1.165, 1.54) is 12.1 Å². The first kappa shape index (κ1) is 29.3. The summed E-state index contributed by atoms with van der Waals surface area (Å²) in [6.45, 7) is 3.65. The van der Waals surface area contributed by atoms with Gasteiger partial charge in [0.2, 0.25) is 11.8 Å². The number of hydrogen-bond donors (Lipinski definition) is 1. The van der Waals surface area contributed by atoms with Crippen molar-refractivity contribution in [1.29, 1.82) is 0 Å². The summed E-state index contributed by atoms with van der Waals surface area (Å²) in [4.78, 5) is 29.2. The van der Waals surface area contributed by atoms with Crippen molar-refractivity contribution < 1.29 is 18.0 Å². The molecule has 2 amide bonds. The summed E-state index contributed by atoms with van der Waals surface area (Å²) in [6.07, 6.45) is 5.03. The summed E-state index contributed by atoms with van der Waals surface area (Å²) in [6, 6.07) is 24.5. The normalized spacial score (nSPS) is 14.4. The maximum Gasteiger partial charge on any atom is 0.264 e. The number of nitrogens with one attached hydrogen (secondary N) is 1. The Balaban J connectivity index is 1.66. The van der Waals surface area contributed by atoms with Crippen LogP contribution in [0.2, 0.25) is 0 Å². The lowest BCUT2D eigenvalue weighted by atomic mass is 10.1. The molecule has 1 N–H and O–H groups in total. The minimum Gasteiger partial charge on any atom is -0.352 e. The number of rotatable bonds is 12. The summed E-state index contributed by atoms with van der Waals surface area (Å²) in [5.74, 6) is -0.589. The number of nitrogens with zero attached hydrogens (tertiary/aromatic N) is 2. The lowest BCUT2D eigenvalue weighted by Gasteiger charge is -2.33. The SMILES string of the molecule is CC[C@@H](C(=O)NC1CCCC1)N(CCc1ccccc1)C(=O)CN(c1cccc(C)c1)S(=O)(=O)c1ccccc1. The van der Waals surface area contributed by atoms with Crippen LogP contribution in [0, 0.1) is 6.92 Å². The topological polar surface area (TPSA) is 86.8 Å². The third kappa shape index (κ3) is 7.30. The van der Waals surface area contributed by atoms with Gasteiger partial charge in [-0.05, 0) is 68.0 Å². The average Bonchev–Trinajstić information content (AvgIpc) is 3.47. The van der Waals surface area contributed by atoms with Crippen molar-refractivity contribution in [3.05, 3.63) is 96.1 Å². The number of aryl methyl sites for hydroxylation is 1. The highest BCUT2D eigenvalue weighted by Crippen LogP contribution is 2.25. The van der Waals surface area contributed by atoms with Crippen molar-refractivity contribution in [2.45, 2.75) is 69.4 Å². The van der Waals surface area contributed by atoms with E-state index < -0.39 is 28.5 Å². The Hall–Kier alpha value is -3.65. The molecule has 40 heavy (non-hydrogen) atoms. The molecule has 1 fully saturated rings. The van der Waals surface area contributed by atoms with Gasteiger partial charge in [0, 0.05) is 12.6 Å². The van der Waals surface area contributed by atoms with Gasteiger partial charge in [-0.2, -0.15) is 0 Å². The second-order valence-electron chi connectivity index (χ2n) is 10.4. The molecule has 0 spiro atoms. The zero-order valence-electron chi connectivity index (χ0n) is 23.3. The van der Waals surface area contributed by atoms with Gasteiger partial charge >= 0.3 is 0 Å². The van der Waals surface area contributed by atoms with E-state index >= 15 is 0 Å². The predicted molar refractivity (Wildman–Crippen MR) is 158 cm³/mol. The van der Waals surface area contributed by atoms with Crippen LogP contribution in [0.3, 0.4) is 0 Å². The Morgan fingerprint density at radius 2 is 1.57 bits per heavy atom. The van der Waals surface area contributed by atoms with Gasteiger partial charge in [0.05, 0.1) is 10.6 Å². The first-order chi connectivity index (χ1) is 19.3. The molecule has 1 aliphatic carbocycles. The Morgan fingerprint density at radius 3 is 2.20 bits per heavy atom. The number of sulfonamides is 1. The van der Waals surface area contributed by atoms with Gasteiger partial charge in [-0.25, -0.2) is 8.42 Å². The monoisotopic (exact) mass is 561 g/mol. The molecule has 3 aromatic rings. The third-order valence-corrected chi connectivity index (χ3v) is 9.26. The number of amides is 2. The Labute approximate surface area is 238 Å². The van der Waals surface area contributed by atoms with E-state index in [9.17, 15) is 18.0 Å². The number of carbonyl (C=O) groups excluding carboxylic acids is 2. The van der Waals surface area contributed by atoms with Crippen LogP contribution in [-0.2, 0) is 26.0 Å². The molecule has 0 saturated heterocycles. The molecule has 0 heterocycles. The Morgan fingerprint density at radius 1 is 0.925 bits per heavy atom. The molecule has 0 unspecified atom stereocenters. The molecule has 3 aromatic carbocycles. The molecule has 0 aromatic heterocycles. The van der Waals surface area contributed by atoms with E-state index in [1.54, 1.807) is 41.3 Å². The Kier molecular flexibility index (Phi) is 9.98. The van der Waals surface area contributed by atoms with Crippen LogP contribution in [0.1, 0.15) is 50.2 Å².